The van der Waals surface area contributed by atoms with Gasteiger partial charge in [0.15, 0.2) is 5.69 Å². The van der Waals surface area contributed by atoms with Crippen LogP contribution in [0.2, 0.25) is 0 Å². The van der Waals surface area contributed by atoms with E-state index in [1.165, 1.54) is 10.8 Å². The number of anilines is 1. The monoisotopic (exact) mass is 583 g/mol. The predicted molar refractivity (Wildman–Crippen MR) is 153 cm³/mol. The summed E-state index contributed by atoms with van der Waals surface area (Å²) in [6, 6.07) is 3.78. The van der Waals surface area contributed by atoms with Crippen LogP contribution in [0.4, 0.5) is 16.6 Å². The van der Waals surface area contributed by atoms with Crippen molar-refractivity contribution in [2.75, 3.05) is 31.2 Å². The van der Waals surface area contributed by atoms with E-state index in [2.05, 4.69) is 20.2 Å². The van der Waals surface area contributed by atoms with Gasteiger partial charge in [-0.3, -0.25) is 4.98 Å². The van der Waals surface area contributed by atoms with Crippen LogP contribution >= 0.6 is 0 Å². The zero-order chi connectivity index (χ0) is 29.9. The number of alkyl carbamates (subject to hydrolysis) is 1. The fourth-order valence-corrected chi connectivity index (χ4v) is 5.04. The number of nitro groups is 1. The van der Waals surface area contributed by atoms with Gasteiger partial charge in [-0.25, -0.2) is 9.36 Å². The Kier molecular flexibility index (Phi) is 8.61. The Morgan fingerprint density at radius 2 is 1.88 bits per heavy atom. The molecular formula is C28H37N7O7. The quantitative estimate of drug-likeness (QED) is 0.303. The highest BCUT2D eigenvalue weighted by atomic mass is 16.6. The number of nitrogens with zero attached hydrogens (tertiary/aromatic N) is 6. The van der Waals surface area contributed by atoms with E-state index in [9.17, 15) is 14.9 Å². The number of imidazole rings is 1. The molecule has 1 aliphatic heterocycles. The molecule has 1 N–H and O–H groups in total. The molecule has 1 amide bonds. The fraction of sp³-hybridized carbons (Fsp3) is 0.571. The molecule has 0 radical (unpaired) electrons. The third-order valence-corrected chi connectivity index (χ3v) is 7.22. The normalized spacial score (nSPS) is 19.4. The number of morpholine rings is 1. The lowest BCUT2D eigenvalue weighted by Crippen LogP contribution is -2.42. The van der Waals surface area contributed by atoms with Gasteiger partial charge in [-0.1, -0.05) is 4.98 Å². The molecule has 0 bridgehead atoms. The van der Waals surface area contributed by atoms with Crippen LogP contribution in [0, 0.1) is 10.1 Å². The van der Waals surface area contributed by atoms with Gasteiger partial charge in [-0.2, -0.15) is 4.98 Å². The summed E-state index contributed by atoms with van der Waals surface area (Å²) in [5.41, 5.74) is 0.718. The number of carbonyl (C=O) groups is 1. The fourth-order valence-electron chi connectivity index (χ4n) is 5.04. The zero-order valence-corrected chi connectivity index (χ0v) is 24.4. The molecule has 2 fully saturated rings. The molecule has 3 aromatic rings. The first-order chi connectivity index (χ1) is 20.1. The number of carbonyl (C=O) groups excluding carboxylic acids is 1. The molecule has 1 saturated heterocycles. The molecule has 1 aliphatic carbocycles. The van der Waals surface area contributed by atoms with Crippen molar-refractivity contribution in [2.24, 2.45) is 7.05 Å². The number of hydrogen-bond donors (Lipinski definition) is 1. The van der Waals surface area contributed by atoms with Gasteiger partial charge in [0, 0.05) is 25.2 Å². The lowest BCUT2D eigenvalue weighted by atomic mass is 9.93. The van der Waals surface area contributed by atoms with E-state index >= 15 is 0 Å². The topological polar surface area (TPSA) is 156 Å². The second-order valence-corrected chi connectivity index (χ2v) is 11.5. The number of hydrogen-bond acceptors (Lipinski definition) is 11. The Bertz CT molecular complexity index is 1420. The maximum Gasteiger partial charge on any atom is 0.434 e. The second kappa shape index (κ2) is 12.3. The standard InChI is InChI=1S/C28H37N7O7/c1-28(2,3)42-27(36)31-18-5-7-20(8-6-18)41-25-22-13-21(40-17-19-15-30-26(33(19)4)35(37)38)16-29-23(22)14-24(32-25)34-9-11-39-12-10-34/h13-16,18,20H,5-12,17H2,1-4H3,(H,31,36). The van der Waals surface area contributed by atoms with Gasteiger partial charge in [0.05, 0.1) is 37.4 Å². The van der Waals surface area contributed by atoms with Gasteiger partial charge in [-0.15, -0.1) is 0 Å². The van der Waals surface area contributed by atoms with Gasteiger partial charge in [0.25, 0.3) is 0 Å². The predicted octanol–water partition coefficient (Wildman–Crippen LogP) is 3.90. The summed E-state index contributed by atoms with van der Waals surface area (Å²) in [5, 5.41) is 14.8. The number of nitrogens with one attached hydrogen (secondary N) is 1. The van der Waals surface area contributed by atoms with Crippen LogP contribution in [0.15, 0.2) is 24.5 Å². The van der Waals surface area contributed by atoms with Crippen molar-refractivity contribution in [1.29, 1.82) is 0 Å². The smallest absolute Gasteiger partial charge is 0.434 e. The number of aromatic nitrogens is 4. The molecule has 0 atom stereocenters. The molecular weight excluding hydrogens is 546 g/mol. The summed E-state index contributed by atoms with van der Waals surface area (Å²) < 4.78 is 24.7. The number of amides is 1. The highest BCUT2D eigenvalue weighted by Crippen LogP contribution is 2.33. The van der Waals surface area contributed by atoms with Crippen molar-refractivity contribution < 1.29 is 28.7 Å². The summed E-state index contributed by atoms with van der Waals surface area (Å²) in [4.78, 5) is 38.3. The van der Waals surface area contributed by atoms with E-state index < -0.39 is 16.6 Å². The molecule has 14 heteroatoms. The van der Waals surface area contributed by atoms with Crippen molar-refractivity contribution >= 4 is 28.8 Å². The highest BCUT2D eigenvalue weighted by molar-refractivity contribution is 5.87. The average Bonchev–Trinajstić information content (AvgIpc) is 3.32. The number of rotatable bonds is 8. The van der Waals surface area contributed by atoms with Gasteiger partial charge >= 0.3 is 12.0 Å². The van der Waals surface area contributed by atoms with Crippen molar-refractivity contribution in [1.82, 2.24) is 24.8 Å². The summed E-state index contributed by atoms with van der Waals surface area (Å²) >= 11 is 0. The summed E-state index contributed by atoms with van der Waals surface area (Å²) in [7, 11) is 1.57. The van der Waals surface area contributed by atoms with Crippen molar-refractivity contribution in [3.8, 4) is 11.6 Å². The first-order valence-electron chi connectivity index (χ1n) is 14.1. The maximum atomic E-state index is 12.2. The van der Waals surface area contributed by atoms with Crippen LogP contribution in [-0.2, 0) is 23.1 Å². The Balaban J connectivity index is 1.32. The third kappa shape index (κ3) is 7.16. The van der Waals surface area contributed by atoms with Gasteiger partial charge < -0.3 is 39.3 Å². The molecule has 3 aromatic heterocycles. The molecule has 42 heavy (non-hydrogen) atoms. The zero-order valence-electron chi connectivity index (χ0n) is 24.4. The molecule has 1 saturated carbocycles. The Labute approximate surface area is 243 Å². The van der Waals surface area contributed by atoms with E-state index in [1.807, 2.05) is 32.9 Å². The number of fused-ring (bicyclic) bond motifs is 1. The number of ether oxygens (including phenoxy) is 4. The molecule has 226 valence electrons. The van der Waals surface area contributed by atoms with Gasteiger partial charge in [-0.05, 0) is 57.4 Å². The molecule has 14 nitrogen and oxygen atoms in total. The minimum absolute atomic E-state index is 0.0218. The lowest BCUT2D eigenvalue weighted by molar-refractivity contribution is -0.396. The molecule has 0 unspecified atom stereocenters. The van der Waals surface area contributed by atoms with E-state index in [0.717, 1.165) is 44.6 Å². The summed E-state index contributed by atoms with van der Waals surface area (Å²) in [6.07, 6.45) is 5.55. The first-order valence-corrected chi connectivity index (χ1v) is 14.1. The van der Waals surface area contributed by atoms with Gasteiger partial charge in [0.2, 0.25) is 5.88 Å². The maximum absolute atomic E-state index is 12.2. The molecule has 0 spiro atoms. The van der Waals surface area contributed by atoms with Crippen LogP contribution in [0.1, 0.15) is 52.1 Å². The Morgan fingerprint density at radius 3 is 2.55 bits per heavy atom. The van der Waals surface area contributed by atoms with Crippen LogP contribution in [0.25, 0.3) is 10.9 Å². The highest BCUT2D eigenvalue weighted by Gasteiger charge is 2.27. The van der Waals surface area contributed by atoms with E-state index in [1.54, 1.807) is 13.2 Å². The largest absolute Gasteiger partial charge is 0.484 e. The second-order valence-electron chi connectivity index (χ2n) is 11.5. The minimum atomic E-state index is -0.547. The molecule has 2 aliphatic rings. The van der Waals surface area contributed by atoms with Crippen LogP contribution in [0.5, 0.6) is 11.6 Å². The number of pyridine rings is 2. The van der Waals surface area contributed by atoms with E-state index in [0.29, 0.717) is 41.4 Å². The van der Waals surface area contributed by atoms with Gasteiger partial charge in [0.1, 0.15) is 36.1 Å². The molecule has 0 aromatic carbocycles. The Morgan fingerprint density at radius 1 is 1.14 bits per heavy atom. The van der Waals surface area contributed by atoms with Crippen LogP contribution in [-0.4, -0.2) is 74.6 Å². The van der Waals surface area contributed by atoms with Crippen LogP contribution in [0.3, 0.4) is 0 Å². The van der Waals surface area contributed by atoms with Crippen LogP contribution < -0.4 is 19.7 Å². The van der Waals surface area contributed by atoms with Crippen molar-refractivity contribution in [2.45, 2.75) is 70.8 Å². The van der Waals surface area contributed by atoms with Crippen molar-refractivity contribution in [3.05, 3.63) is 40.3 Å². The van der Waals surface area contributed by atoms with E-state index in [-0.39, 0.29) is 24.7 Å². The SMILES string of the molecule is Cn1c(COc2cnc3cc(N4CCOCC4)nc(OC4CCC(NC(=O)OC(C)(C)C)CC4)c3c2)cnc1[N+](=O)[O-]. The summed E-state index contributed by atoms with van der Waals surface area (Å²) in [5.74, 6) is 1.45. The molecule has 5 rings (SSSR count). The van der Waals surface area contributed by atoms with Crippen molar-refractivity contribution in [3.63, 3.8) is 0 Å². The first kappa shape index (κ1) is 29.3. The lowest BCUT2D eigenvalue weighted by Gasteiger charge is -2.31. The summed E-state index contributed by atoms with van der Waals surface area (Å²) in [6.45, 7) is 8.29. The third-order valence-electron chi connectivity index (χ3n) is 7.22. The Hall–Kier alpha value is -4.20. The molecule has 4 heterocycles. The minimum Gasteiger partial charge on any atom is -0.484 e. The average molecular weight is 584 g/mol. The van der Waals surface area contributed by atoms with E-state index in [4.69, 9.17) is 23.9 Å².